The van der Waals surface area contributed by atoms with Crippen LogP contribution in [0.15, 0.2) is 73.1 Å². The van der Waals surface area contributed by atoms with Crippen molar-refractivity contribution in [2.45, 2.75) is 0 Å². The zero-order valence-electron chi connectivity index (χ0n) is 21.3. The molecule has 0 atom stereocenters. The number of fused-ring (bicyclic) bond motifs is 1. The summed E-state index contributed by atoms with van der Waals surface area (Å²) < 4.78 is 0. The Morgan fingerprint density at radius 1 is 0.972 bits per heavy atom. The number of likely N-dealkylation sites (N-methyl/N-ethyl adjacent to an activating group) is 3. The summed E-state index contributed by atoms with van der Waals surface area (Å²) in [5, 5.41) is 3.56. The molecule has 3 heterocycles. The number of benzene rings is 2. The molecular weight excluding hydrogens is 448 g/mol. The Morgan fingerprint density at radius 2 is 1.69 bits per heavy atom. The van der Waals surface area contributed by atoms with E-state index in [4.69, 9.17) is 0 Å². The first kappa shape index (κ1) is 24.0. The highest BCUT2D eigenvalue weighted by Crippen LogP contribution is 2.39. The molecule has 186 valence electrons. The number of anilines is 3. The van der Waals surface area contributed by atoms with Gasteiger partial charge < -0.3 is 20.0 Å². The van der Waals surface area contributed by atoms with Crippen molar-refractivity contribution in [1.29, 1.82) is 0 Å². The highest BCUT2D eigenvalue weighted by Gasteiger charge is 2.33. The van der Waals surface area contributed by atoms with Crippen LogP contribution in [0.1, 0.15) is 11.1 Å². The molecule has 0 bridgehead atoms. The molecule has 7 nitrogen and oxygen atoms in total. The quantitative estimate of drug-likeness (QED) is 0.518. The number of rotatable bonds is 7. The van der Waals surface area contributed by atoms with Gasteiger partial charge in [-0.3, -0.25) is 14.7 Å². The Hall–Kier alpha value is -3.68. The molecule has 2 aliphatic rings. The molecule has 2 aliphatic heterocycles. The number of carbonyl (C=O) groups is 1. The van der Waals surface area contributed by atoms with E-state index in [1.165, 1.54) is 5.69 Å². The van der Waals surface area contributed by atoms with E-state index in [0.29, 0.717) is 5.57 Å². The third-order valence-electron chi connectivity index (χ3n) is 7.18. The minimum absolute atomic E-state index is 0.0374. The molecule has 0 spiro atoms. The zero-order chi connectivity index (χ0) is 25.1. The van der Waals surface area contributed by atoms with E-state index in [-0.39, 0.29) is 5.91 Å². The number of amides is 1. The third-order valence-corrected chi connectivity index (χ3v) is 7.18. The van der Waals surface area contributed by atoms with Crippen LogP contribution in [0, 0.1) is 0 Å². The number of pyridine rings is 1. The number of hydrogen-bond donors (Lipinski definition) is 1. The van der Waals surface area contributed by atoms with Crippen molar-refractivity contribution in [3.05, 3.63) is 84.2 Å². The maximum Gasteiger partial charge on any atom is 0.260 e. The van der Waals surface area contributed by atoms with Crippen LogP contribution in [0.3, 0.4) is 0 Å². The van der Waals surface area contributed by atoms with Crippen molar-refractivity contribution in [3.8, 4) is 0 Å². The average molecular weight is 483 g/mol. The monoisotopic (exact) mass is 482 g/mol. The van der Waals surface area contributed by atoms with Gasteiger partial charge in [-0.15, -0.1) is 0 Å². The lowest BCUT2D eigenvalue weighted by atomic mass is 10.0. The SMILES string of the molecule is CN1CCN(CCN(C)c2ccc(N/C(=C3\C(=O)N(C)c4ccncc43)c3ccccc3)cc2)CC1. The molecule has 0 unspecified atom stereocenters. The van der Waals surface area contributed by atoms with Gasteiger partial charge in [0.05, 0.1) is 17.0 Å². The standard InChI is InChI=1S/C29H34N6O/c1-32-15-18-35(19-16-32)20-17-33(2)24-11-9-23(10-12-24)31-28(22-7-5-4-6-8-22)27-25-21-30-14-13-26(25)34(3)29(27)36/h4-14,21,31H,15-20H2,1-3H3/b28-27-. The largest absolute Gasteiger partial charge is 0.373 e. The Bertz CT molecular complexity index is 1230. The van der Waals surface area contributed by atoms with Crippen LogP contribution >= 0.6 is 0 Å². The van der Waals surface area contributed by atoms with Crippen molar-refractivity contribution >= 4 is 34.2 Å². The Balaban J connectivity index is 1.36. The Labute approximate surface area is 213 Å². The summed E-state index contributed by atoms with van der Waals surface area (Å²) >= 11 is 0. The predicted octanol–water partition coefficient (Wildman–Crippen LogP) is 3.72. The molecule has 2 aromatic carbocycles. The molecule has 0 radical (unpaired) electrons. The van der Waals surface area contributed by atoms with Crippen LogP contribution in [0.5, 0.6) is 0 Å². The molecule has 5 rings (SSSR count). The van der Waals surface area contributed by atoms with E-state index in [2.05, 4.69) is 63.4 Å². The van der Waals surface area contributed by atoms with Crippen LogP contribution in [0.2, 0.25) is 0 Å². The maximum absolute atomic E-state index is 13.3. The highest BCUT2D eigenvalue weighted by atomic mass is 16.2. The predicted molar refractivity (Wildman–Crippen MR) is 148 cm³/mol. The lowest BCUT2D eigenvalue weighted by Gasteiger charge is -2.33. The molecule has 1 fully saturated rings. The van der Waals surface area contributed by atoms with Gasteiger partial charge >= 0.3 is 0 Å². The average Bonchev–Trinajstić information content (AvgIpc) is 3.17. The molecule has 1 amide bonds. The van der Waals surface area contributed by atoms with Crippen LogP contribution in [-0.4, -0.2) is 81.1 Å². The van der Waals surface area contributed by atoms with E-state index in [9.17, 15) is 4.79 Å². The number of aromatic nitrogens is 1. The molecule has 0 saturated carbocycles. The van der Waals surface area contributed by atoms with Crippen molar-refractivity contribution in [2.24, 2.45) is 0 Å². The molecule has 1 N–H and O–H groups in total. The van der Waals surface area contributed by atoms with Crippen LogP contribution in [0.25, 0.3) is 11.3 Å². The summed E-state index contributed by atoms with van der Waals surface area (Å²) in [6.07, 6.45) is 3.50. The number of carbonyl (C=O) groups excluding carboxylic acids is 1. The summed E-state index contributed by atoms with van der Waals surface area (Å²) in [5.74, 6) is -0.0374. The van der Waals surface area contributed by atoms with Crippen molar-refractivity contribution in [3.63, 3.8) is 0 Å². The molecule has 1 saturated heterocycles. The topological polar surface area (TPSA) is 55.0 Å². The maximum atomic E-state index is 13.3. The molecule has 7 heteroatoms. The zero-order valence-corrected chi connectivity index (χ0v) is 21.3. The van der Waals surface area contributed by atoms with Crippen molar-refractivity contribution < 1.29 is 4.79 Å². The van der Waals surface area contributed by atoms with Crippen molar-refractivity contribution in [1.82, 2.24) is 14.8 Å². The summed E-state index contributed by atoms with van der Waals surface area (Å²) in [6.45, 7) is 6.61. The minimum atomic E-state index is -0.0374. The van der Waals surface area contributed by atoms with Gasteiger partial charge in [-0.1, -0.05) is 30.3 Å². The van der Waals surface area contributed by atoms with Gasteiger partial charge in [-0.05, 0) is 42.9 Å². The Morgan fingerprint density at radius 3 is 2.42 bits per heavy atom. The van der Waals surface area contributed by atoms with Gasteiger partial charge in [0.15, 0.2) is 0 Å². The molecule has 1 aromatic heterocycles. The van der Waals surface area contributed by atoms with E-state index in [1.54, 1.807) is 17.3 Å². The van der Waals surface area contributed by atoms with Gasteiger partial charge in [-0.25, -0.2) is 0 Å². The Kier molecular flexibility index (Phi) is 7.02. The normalized spacial score (nSPS) is 17.8. The summed E-state index contributed by atoms with van der Waals surface area (Å²) in [7, 11) is 6.14. The van der Waals surface area contributed by atoms with Crippen molar-refractivity contribution in [2.75, 3.05) is 75.5 Å². The smallest absolute Gasteiger partial charge is 0.260 e. The number of piperazine rings is 1. The summed E-state index contributed by atoms with van der Waals surface area (Å²) in [6, 6.07) is 20.3. The van der Waals surface area contributed by atoms with Crippen LogP contribution < -0.4 is 15.1 Å². The second kappa shape index (κ2) is 10.5. The first-order valence-corrected chi connectivity index (χ1v) is 12.5. The fourth-order valence-corrected chi connectivity index (χ4v) is 4.83. The van der Waals surface area contributed by atoms with E-state index < -0.39 is 0 Å². The lowest BCUT2D eigenvalue weighted by Crippen LogP contribution is -2.46. The van der Waals surface area contributed by atoms with Crippen LogP contribution in [0.4, 0.5) is 17.1 Å². The number of nitrogens with one attached hydrogen (secondary N) is 1. The fourth-order valence-electron chi connectivity index (χ4n) is 4.83. The van der Waals surface area contributed by atoms with E-state index in [1.807, 2.05) is 43.4 Å². The number of hydrogen-bond acceptors (Lipinski definition) is 6. The lowest BCUT2D eigenvalue weighted by molar-refractivity contribution is -0.112. The van der Waals surface area contributed by atoms with Crippen LogP contribution in [-0.2, 0) is 4.79 Å². The first-order chi connectivity index (χ1) is 17.5. The van der Waals surface area contributed by atoms with E-state index in [0.717, 1.165) is 67.5 Å². The van der Waals surface area contributed by atoms with Gasteiger partial charge in [0.1, 0.15) is 0 Å². The van der Waals surface area contributed by atoms with Gasteiger partial charge in [0, 0.05) is 82.7 Å². The second-order valence-corrected chi connectivity index (χ2v) is 9.61. The molecule has 36 heavy (non-hydrogen) atoms. The van der Waals surface area contributed by atoms with E-state index >= 15 is 0 Å². The van der Waals surface area contributed by atoms with Gasteiger partial charge in [0.2, 0.25) is 0 Å². The molecule has 0 aliphatic carbocycles. The molecule has 3 aromatic rings. The summed E-state index contributed by atoms with van der Waals surface area (Å²) in [5.41, 5.74) is 6.21. The third kappa shape index (κ3) is 4.98. The number of nitrogens with zero attached hydrogens (tertiary/aromatic N) is 5. The summed E-state index contributed by atoms with van der Waals surface area (Å²) in [4.78, 5) is 26.5. The highest BCUT2D eigenvalue weighted by molar-refractivity contribution is 6.38. The molecular formula is C29H34N6O. The fraction of sp³-hybridized carbons (Fsp3) is 0.310. The first-order valence-electron chi connectivity index (χ1n) is 12.5. The second-order valence-electron chi connectivity index (χ2n) is 9.61. The van der Waals surface area contributed by atoms with Gasteiger partial charge in [-0.2, -0.15) is 0 Å². The van der Waals surface area contributed by atoms with Gasteiger partial charge in [0.25, 0.3) is 5.91 Å². The minimum Gasteiger partial charge on any atom is -0.373 e.